The minimum atomic E-state index is -0.797. The molecule has 0 spiro atoms. The monoisotopic (exact) mass is 285 g/mol. The third-order valence-corrected chi connectivity index (χ3v) is 3.23. The zero-order chi connectivity index (χ0) is 13.1. The molecule has 0 aliphatic rings. The molecule has 0 radical (unpaired) electrons. The van der Waals surface area contributed by atoms with Gasteiger partial charge in [0.1, 0.15) is 11.0 Å². The van der Waals surface area contributed by atoms with Crippen LogP contribution in [-0.2, 0) is 6.42 Å². The topological polar surface area (TPSA) is 33.1 Å². The lowest BCUT2D eigenvalue weighted by Crippen LogP contribution is -2.03. The van der Waals surface area contributed by atoms with E-state index in [1.807, 2.05) is 0 Å². The maximum absolute atomic E-state index is 13.2. The number of nitrogens with zero attached hydrogens (tertiary/aromatic N) is 1. The minimum absolute atomic E-state index is 0.0403. The van der Waals surface area contributed by atoms with Crippen molar-refractivity contribution in [1.29, 1.82) is 0 Å². The van der Waals surface area contributed by atoms with E-state index in [1.54, 1.807) is 24.3 Å². The normalized spacial score (nSPS) is 12.4. The summed E-state index contributed by atoms with van der Waals surface area (Å²) in [4.78, 5) is 3.88. The number of rotatable bonds is 3. The molecule has 0 saturated carbocycles. The lowest BCUT2D eigenvalue weighted by Gasteiger charge is -2.12. The van der Waals surface area contributed by atoms with Crippen molar-refractivity contribution in [3.05, 3.63) is 63.6 Å². The molecule has 5 heteroatoms. The van der Waals surface area contributed by atoms with Crippen molar-refractivity contribution in [2.75, 3.05) is 0 Å². The molecule has 1 aromatic heterocycles. The summed E-state index contributed by atoms with van der Waals surface area (Å²) in [7, 11) is 0. The average molecular weight is 286 g/mol. The minimum Gasteiger partial charge on any atom is -0.388 e. The fourth-order valence-corrected chi connectivity index (χ4v) is 1.93. The largest absolute Gasteiger partial charge is 0.388 e. The van der Waals surface area contributed by atoms with Crippen LogP contribution in [0, 0.1) is 5.82 Å². The first kappa shape index (κ1) is 13.3. The van der Waals surface area contributed by atoms with Gasteiger partial charge in [-0.15, -0.1) is 0 Å². The summed E-state index contributed by atoms with van der Waals surface area (Å²) in [5.74, 6) is -0.490. The summed E-state index contributed by atoms with van der Waals surface area (Å²) in [6.45, 7) is 0. The van der Waals surface area contributed by atoms with E-state index in [2.05, 4.69) is 4.98 Å². The number of benzene rings is 1. The summed E-state index contributed by atoms with van der Waals surface area (Å²) in [5, 5.41) is 10.4. The van der Waals surface area contributed by atoms with Crippen molar-refractivity contribution in [2.24, 2.45) is 0 Å². The molecule has 0 bridgehead atoms. The zero-order valence-corrected chi connectivity index (χ0v) is 10.8. The number of pyridine rings is 1. The Bertz CT molecular complexity index is 545. The van der Waals surface area contributed by atoms with Gasteiger partial charge in [-0.05, 0) is 23.3 Å². The molecule has 2 nitrogen and oxygen atoms in total. The smallest absolute Gasteiger partial charge is 0.142 e. The van der Waals surface area contributed by atoms with E-state index in [-0.39, 0.29) is 11.4 Å². The molecule has 2 aromatic rings. The maximum atomic E-state index is 13.2. The van der Waals surface area contributed by atoms with Gasteiger partial charge in [-0.1, -0.05) is 41.4 Å². The van der Waals surface area contributed by atoms with Gasteiger partial charge in [0, 0.05) is 12.6 Å². The van der Waals surface area contributed by atoms with Crippen molar-refractivity contribution >= 4 is 23.2 Å². The summed E-state index contributed by atoms with van der Waals surface area (Å²) in [5.41, 5.74) is 1.17. The first-order valence-electron chi connectivity index (χ1n) is 5.30. The van der Waals surface area contributed by atoms with Crippen molar-refractivity contribution in [2.45, 2.75) is 12.5 Å². The van der Waals surface area contributed by atoms with Gasteiger partial charge in [0.15, 0.2) is 0 Å². The van der Waals surface area contributed by atoms with Crippen LogP contribution in [0.25, 0.3) is 0 Å². The molecule has 0 fully saturated rings. The molecule has 1 unspecified atom stereocenters. The Balaban J connectivity index is 2.18. The maximum Gasteiger partial charge on any atom is 0.142 e. The van der Waals surface area contributed by atoms with E-state index in [1.165, 1.54) is 12.3 Å². The Morgan fingerprint density at radius 3 is 2.67 bits per heavy atom. The fourth-order valence-electron chi connectivity index (χ4n) is 1.62. The van der Waals surface area contributed by atoms with Gasteiger partial charge in [0.05, 0.1) is 11.1 Å². The second-order valence-electron chi connectivity index (χ2n) is 3.85. The first-order valence-corrected chi connectivity index (χ1v) is 6.06. The van der Waals surface area contributed by atoms with E-state index in [4.69, 9.17) is 23.2 Å². The van der Waals surface area contributed by atoms with Gasteiger partial charge >= 0.3 is 0 Å². The van der Waals surface area contributed by atoms with Crippen molar-refractivity contribution in [3.8, 4) is 0 Å². The lowest BCUT2D eigenvalue weighted by atomic mass is 10.0. The third-order valence-electron chi connectivity index (χ3n) is 2.58. The molecule has 1 atom stereocenters. The Morgan fingerprint density at radius 2 is 2.00 bits per heavy atom. The zero-order valence-electron chi connectivity index (χ0n) is 9.28. The number of hydrogen-bond acceptors (Lipinski definition) is 2. The number of hydrogen-bond donors (Lipinski definition) is 1. The summed E-state index contributed by atoms with van der Waals surface area (Å²) >= 11 is 11.5. The fraction of sp³-hybridized carbons (Fsp3) is 0.154. The number of aliphatic hydroxyl groups is 1. The van der Waals surface area contributed by atoms with Crippen LogP contribution in [-0.4, -0.2) is 10.1 Å². The number of aliphatic hydroxyl groups excluding tert-OH is 1. The van der Waals surface area contributed by atoms with Crippen LogP contribution in [0.5, 0.6) is 0 Å². The van der Waals surface area contributed by atoms with Crippen molar-refractivity contribution in [3.63, 3.8) is 0 Å². The molecule has 0 aliphatic carbocycles. The van der Waals surface area contributed by atoms with E-state index in [0.717, 1.165) is 0 Å². The van der Waals surface area contributed by atoms with Crippen LogP contribution in [0.1, 0.15) is 17.2 Å². The van der Waals surface area contributed by atoms with Gasteiger partial charge in [0.25, 0.3) is 0 Å². The lowest BCUT2D eigenvalue weighted by molar-refractivity contribution is 0.178. The quantitative estimate of drug-likeness (QED) is 0.870. The van der Waals surface area contributed by atoms with Crippen LogP contribution in [0.2, 0.25) is 10.2 Å². The van der Waals surface area contributed by atoms with Crippen LogP contribution >= 0.6 is 23.2 Å². The molecular formula is C13H10Cl2FNO. The Labute approximate surface area is 114 Å². The van der Waals surface area contributed by atoms with Gasteiger partial charge < -0.3 is 5.11 Å². The third kappa shape index (κ3) is 2.99. The first-order chi connectivity index (χ1) is 8.58. The predicted octanol–water partition coefficient (Wildman–Crippen LogP) is 3.80. The van der Waals surface area contributed by atoms with Gasteiger partial charge in [-0.2, -0.15) is 0 Å². The van der Waals surface area contributed by atoms with Crippen molar-refractivity contribution in [1.82, 2.24) is 4.98 Å². The molecule has 1 heterocycles. The highest BCUT2D eigenvalue weighted by atomic mass is 35.5. The van der Waals surface area contributed by atoms with Crippen LogP contribution in [0.15, 0.2) is 36.5 Å². The molecule has 18 heavy (non-hydrogen) atoms. The number of aromatic nitrogens is 1. The van der Waals surface area contributed by atoms with E-state index >= 15 is 0 Å². The van der Waals surface area contributed by atoms with Crippen LogP contribution < -0.4 is 0 Å². The molecule has 1 N–H and O–H groups in total. The van der Waals surface area contributed by atoms with Crippen LogP contribution in [0.4, 0.5) is 4.39 Å². The summed E-state index contributed by atoms with van der Waals surface area (Å²) < 4.78 is 13.2. The summed E-state index contributed by atoms with van der Waals surface area (Å²) in [6.07, 6.45) is 0.911. The van der Waals surface area contributed by atoms with Gasteiger partial charge in [-0.25, -0.2) is 9.37 Å². The standard InChI is InChI=1S/C13H10Cl2FNO/c14-12-5-4-9(7-17-12)11(18)6-8-2-1-3-10(16)13(8)15/h1-5,7,11,18H,6H2. The average Bonchev–Trinajstić information content (AvgIpc) is 2.36. The van der Waals surface area contributed by atoms with Crippen molar-refractivity contribution < 1.29 is 9.50 Å². The Kier molecular flexibility index (Phi) is 4.17. The molecule has 2 rings (SSSR count). The highest BCUT2D eigenvalue weighted by Gasteiger charge is 2.13. The van der Waals surface area contributed by atoms with E-state index in [0.29, 0.717) is 16.3 Å². The molecule has 94 valence electrons. The molecule has 0 amide bonds. The summed E-state index contributed by atoms with van der Waals surface area (Å²) in [6, 6.07) is 7.78. The van der Waals surface area contributed by atoms with E-state index in [9.17, 15) is 9.50 Å². The predicted molar refractivity (Wildman–Crippen MR) is 69.3 cm³/mol. The van der Waals surface area contributed by atoms with Gasteiger partial charge in [-0.3, -0.25) is 0 Å². The Morgan fingerprint density at radius 1 is 1.22 bits per heavy atom. The molecular weight excluding hydrogens is 276 g/mol. The number of halogens is 3. The van der Waals surface area contributed by atoms with Crippen LogP contribution in [0.3, 0.4) is 0 Å². The van der Waals surface area contributed by atoms with E-state index < -0.39 is 11.9 Å². The second kappa shape index (κ2) is 5.65. The molecule has 1 aromatic carbocycles. The highest BCUT2D eigenvalue weighted by Crippen LogP contribution is 2.25. The molecule has 0 saturated heterocycles. The van der Waals surface area contributed by atoms with Gasteiger partial charge in [0.2, 0.25) is 0 Å². The SMILES string of the molecule is OC(Cc1cccc(F)c1Cl)c1ccc(Cl)nc1. The second-order valence-corrected chi connectivity index (χ2v) is 4.61. The molecule has 0 aliphatic heterocycles. The Hall–Kier alpha value is -1.16. The highest BCUT2D eigenvalue weighted by molar-refractivity contribution is 6.31.